The van der Waals surface area contributed by atoms with Gasteiger partial charge < -0.3 is 9.89 Å². The minimum absolute atomic E-state index is 0. The third-order valence-corrected chi connectivity index (χ3v) is 3.84. The van der Waals surface area contributed by atoms with E-state index in [1.54, 1.807) is 0 Å². The molecule has 26 heavy (non-hydrogen) atoms. The molecule has 0 amide bonds. The van der Waals surface area contributed by atoms with E-state index in [0.29, 0.717) is 11.8 Å². The van der Waals surface area contributed by atoms with Gasteiger partial charge in [-0.15, -0.1) is 0 Å². The molecule has 0 fully saturated rings. The molecule has 0 heterocycles. The second-order valence-corrected chi connectivity index (χ2v) is 6.49. The minimum Gasteiger partial charge on any atom is -0.538 e. The van der Waals surface area contributed by atoms with E-state index in [4.69, 9.17) is 0 Å². The van der Waals surface area contributed by atoms with E-state index in [1.165, 1.54) is 11.1 Å². The Kier molecular flexibility index (Phi) is 18.7. The average Bonchev–Trinajstić information content (AvgIpc) is 3.30. The fraction of sp³-hybridized carbons (Fsp3) is 0.522. The predicted octanol–water partition coefficient (Wildman–Crippen LogP) is 6.31. The molecule has 2 aromatic rings. The topological polar surface area (TPSA) is 15.6 Å². The Labute approximate surface area is 187 Å². The van der Waals surface area contributed by atoms with Crippen LogP contribution in [-0.4, -0.2) is 30.9 Å². The van der Waals surface area contributed by atoms with Crippen LogP contribution < -0.4 is 0 Å². The zero-order valence-corrected chi connectivity index (χ0v) is 20.7. The van der Waals surface area contributed by atoms with E-state index in [2.05, 4.69) is 101 Å². The summed E-state index contributed by atoms with van der Waals surface area (Å²) in [5.74, 6) is 1.37. The fourth-order valence-electron chi connectivity index (χ4n) is 2.08. The average molecular weight is 430 g/mol. The molecule has 0 bridgehead atoms. The van der Waals surface area contributed by atoms with Crippen LogP contribution >= 0.6 is 0 Å². The van der Waals surface area contributed by atoms with Gasteiger partial charge in [-0.05, 0) is 26.6 Å². The van der Waals surface area contributed by atoms with Crippen LogP contribution in [0, 0.1) is 0 Å². The molecule has 0 spiro atoms. The van der Waals surface area contributed by atoms with Crippen molar-refractivity contribution in [3.63, 3.8) is 0 Å². The van der Waals surface area contributed by atoms with E-state index in [1.807, 2.05) is 11.8 Å². The fourth-order valence-corrected chi connectivity index (χ4v) is 2.08. The van der Waals surface area contributed by atoms with Gasteiger partial charge in [-0.25, -0.2) is 24.3 Å². The summed E-state index contributed by atoms with van der Waals surface area (Å²) in [5.41, 5.74) is 2.87. The Hall–Kier alpha value is -0.726. The third-order valence-electron chi connectivity index (χ3n) is 3.84. The van der Waals surface area contributed by atoms with E-state index >= 15 is 0 Å². The van der Waals surface area contributed by atoms with Crippen molar-refractivity contribution in [2.45, 2.75) is 60.3 Å². The molecular weight excluding hydrogens is 393 g/mol. The monoisotopic (exact) mass is 430 g/mol. The van der Waals surface area contributed by atoms with Gasteiger partial charge in [-0.3, -0.25) is 6.34 Å². The van der Waals surface area contributed by atoms with Gasteiger partial charge >= 0.3 is 32.7 Å². The zero-order valence-electron chi connectivity index (χ0n) is 17.9. The Morgan fingerprint density at radius 2 is 1.12 bits per heavy atom. The molecule has 0 aliphatic rings. The Balaban J connectivity index is 0. The van der Waals surface area contributed by atoms with Gasteiger partial charge in [0.25, 0.3) is 0 Å². The molecule has 0 N–H and O–H groups in total. The van der Waals surface area contributed by atoms with E-state index in [9.17, 15) is 0 Å². The van der Waals surface area contributed by atoms with E-state index in [0.717, 1.165) is 19.6 Å². The molecule has 0 saturated heterocycles. The van der Waals surface area contributed by atoms with Crippen LogP contribution in [0.25, 0.3) is 0 Å². The maximum Gasteiger partial charge on any atom is 3.00 e. The van der Waals surface area contributed by atoms with Crippen molar-refractivity contribution in [3.8, 4) is 0 Å². The SMILES string of the molecule is CC(C)[c-]1cccc1.CC(C)[c-]1cccc1.CCN=[C-]N(CC)CC.[Y+3]. The first-order valence-electron chi connectivity index (χ1n) is 9.56. The molecule has 0 unspecified atom stereocenters. The van der Waals surface area contributed by atoms with Crippen molar-refractivity contribution in [3.05, 3.63) is 59.7 Å². The molecule has 0 aromatic heterocycles. The number of rotatable bonds is 6. The minimum atomic E-state index is 0. The van der Waals surface area contributed by atoms with Gasteiger partial charge in [0.2, 0.25) is 0 Å². The van der Waals surface area contributed by atoms with Gasteiger partial charge in [0, 0.05) is 0 Å². The van der Waals surface area contributed by atoms with Crippen LogP contribution in [0.1, 0.15) is 71.4 Å². The molecule has 2 aromatic carbocycles. The molecule has 0 aliphatic heterocycles. The molecule has 0 saturated carbocycles. The summed E-state index contributed by atoms with van der Waals surface area (Å²) in [6, 6.07) is 16.9. The number of aliphatic imine (C=N–C) groups is 1. The zero-order chi connectivity index (χ0) is 19.1. The van der Waals surface area contributed by atoms with Crippen LogP contribution in [0.2, 0.25) is 0 Å². The first kappa shape index (κ1) is 27.5. The normalized spacial score (nSPS) is 10.0. The standard InChI is InChI=1S/2C8H11.C7H15N2.Y/c2*1-7(2)8-5-3-4-6-8;1-4-8-7-9(5-2)6-3;/h2*3-7H,1-2H3;4-6H2,1-3H3;/q3*-1;+3. The molecule has 3 heteroatoms. The molecular formula is C23H37N2Y. The summed E-state index contributed by atoms with van der Waals surface area (Å²) in [6.45, 7) is 17.9. The summed E-state index contributed by atoms with van der Waals surface area (Å²) in [6.07, 6.45) is 2.93. The van der Waals surface area contributed by atoms with Crippen LogP contribution in [0.5, 0.6) is 0 Å². The second-order valence-electron chi connectivity index (χ2n) is 6.49. The van der Waals surface area contributed by atoms with Gasteiger partial charge in [0.1, 0.15) is 0 Å². The molecule has 0 radical (unpaired) electrons. The Bertz CT molecular complexity index is 468. The van der Waals surface area contributed by atoms with Gasteiger partial charge in [0.15, 0.2) is 0 Å². The smallest absolute Gasteiger partial charge is 0.538 e. The molecule has 142 valence electrons. The van der Waals surface area contributed by atoms with Crippen LogP contribution in [0.4, 0.5) is 0 Å². The number of hydrogen-bond donors (Lipinski definition) is 0. The van der Waals surface area contributed by atoms with Crippen molar-refractivity contribution < 1.29 is 32.7 Å². The second kappa shape index (κ2) is 17.7. The van der Waals surface area contributed by atoms with Crippen molar-refractivity contribution in [2.75, 3.05) is 19.6 Å². The first-order chi connectivity index (χ1) is 12.0. The summed E-state index contributed by atoms with van der Waals surface area (Å²) in [4.78, 5) is 6.03. The van der Waals surface area contributed by atoms with Crippen molar-refractivity contribution >= 4 is 6.34 Å². The molecule has 2 nitrogen and oxygen atoms in total. The van der Waals surface area contributed by atoms with Gasteiger partial charge in [-0.2, -0.15) is 35.4 Å². The number of nitrogens with zero attached hydrogens (tertiary/aromatic N) is 2. The quantitative estimate of drug-likeness (QED) is 0.227. The summed E-state index contributed by atoms with van der Waals surface area (Å²) in [5, 5.41) is 0. The maximum absolute atomic E-state index is 3.99. The largest absolute Gasteiger partial charge is 3.00 e. The van der Waals surface area contributed by atoms with Crippen molar-refractivity contribution in [1.82, 2.24) is 4.90 Å². The number of hydrogen-bond acceptors (Lipinski definition) is 1. The summed E-state index contributed by atoms with van der Waals surface area (Å²) in [7, 11) is 0. The Morgan fingerprint density at radius 3 is 1.31 bits per heavy atom. The molecule has 0 aliphatic carbocycles. The van der Waals surface area contributed by atoms with Crippen molar-refractivity contribution in [2.24, 2.45) is 4.99 Å². The first-order valence-corrected chi connectivity index (χ1v) is 9.56. The predicted molar refractivity (Wildman–Crippen MR) is 113 cm³/mol. The Morgan fingerprint density at radius 1 is 0.769 bits per heavy atom. The molecule has 0 atom stereocenters. The maximum atomic E-state index is 3.99. The summed E-state index contributed by atoms with van der Waals surface area (Å²) < 4.78 is 0. The van der Waals surface area contributed by atoms with Crippen LogP contribution in [-0.2, 0) is 32.7 Å². The van der Waals surface area contributed by atoms with Crippen LogP contribution in [0.3, 0.4) is 0 Å². The van der Waals surface area contributed by atoms with E-state index in [-0.39, 0.29) is 32.7 Å². The third kappa shape index (κ3) is 13.5. The van der Waals surface area contributed by atoms with Gasteiger partial charge in [-0.1, -0.05) is 53.4 Å². The summed E-state index contributed by atoms with van der Waals surface area (Å²) >= 11 is 0. The van der Waals surface area contributed by atoms with Crippen LogP contribution in [0.15, 0.2) is 53.5 Å². The molecule has 2 rings (SSSR count). The van der Waals surface area contributed by atoms with E-state index < -0.39 is 0 Å². The van der Waals surface area contributed by atoms with Gasteiger partial charge in [0.05, 0.1) is 0 Å². The van der Waals surface area contributed by atoms with Crippen molar-refractivity contribution in [1.29, 1.82) is 0 Å².